The predicted octanol–water partition coefficient (Wildman–Crippen LogP) is 4.33. The van der Waals surface area contributed by atoms with E-state index in [9.17, 15) is 4.79 Å². The summed E-state index contributed by atoms with van der Waals surface area (Å²) in [6.45, 7) is 1.62. The van der Waals surface area contributed by atoms with E-state index in [0.717, 1.165) is 33.3 Å². The fourth-order valence-corrected chi connectivity index (χ4v) is 4.65. The van der Waals surface area contributed by atoms with Crippen molar-refractivity contribution in [3.05, 3.63) is 83.9 Å². The number of thiophene rings is 1. The number of ether oxygens (including phenoxy) is 2. The van der Waals surface area contributed by atoms with Crippen LogP contribution in [0.25, 0.3) is 16.1 Å². The van der Waals surface area contributed by atoms with Crippen LogP contribution in [0.15, 0.2) is 73.3 Å². The SMILES string of the molecule is O=C(Nc1cnn(Cc2cn3ccccc3n2)c1)c1ccc(-c2ccc3c(c2)OCCO3)s1. The first-order valence-electron chi connectivity index (χ1n) is 10.5. The third-order valence-electron chi connectivity index (χ3n) is 5.29. The Bertz CT molecular complexity index is 1430. The van der Waals surface area contributed by atoms with E-state index in [0.29, 0.717) is 30.3 Å². The predicted molar refractivity (Wildman–Crippen MR) is 125 cm³/mol. The van der Waals surface area contributed by atoms with Crippen LogP contribution in [0.5, 0.6) is 11.5 Å². The van der Waals surface area contributed by atoms with Crippen LogP contribution < -0.4 is 14.8 Å². The molecule has 0 saturated carbocycles. The number of nitrogens with zero attached hydrogens (tertiary/aromatic N) is 4. The maximum atomic E-state index is 12.8. The molecule has 5 heterocycles. The third kappa shape index (κ3) is 3.94. The molecule has 0 saturated heterocycles. The van der Waals surface area contributed by atoms with Crippen LogP contribution in [0, 0.1) is 0 Å². The average molecular weight is 458 g/mol. The molecule has 0 aliphatic carbocycles. The van der Waals surface area contributed by atoms with Crippen molar-refractivity contribution in [2.75, 3.05) is 18.5 Å². The van der Waals surface area contributed by atoms with Gasteiger partial charge in [-0.2, -0.15) is 5.10 Å². The van der Waals surface area contributed by atoms with Gasteiger partial charge in [-0.25, -0.2) is 4.98 Å². The summed E-state index contributed by atoms with van der Waals surface area (Å²) < 4.78 is 15.0. The van der Waals surface area contributed by atoms with Gasteiger partial charge in [0.05, 0.1) is 29.0 Å². The van der Waals surface area contributed by atoms with Gasteiger partial charge in [0.1, 0.15) is 18.9 Å². The monoisotopic (exact) mass is 457 g/mol. The highest BCUT2D eigenvalue weighted by atomic mass is 32.1. The van der Waals surface area contributed by atoms with Gasteiger partial charge in [-0.05, 0) is 48.0 Å². The van der Waals surface area contributed by atoms with Crippen molar-refractivity contribution in [2.24, 2.45) is 0 Å². The number of hydrogen-bond donors (Lipinski definition) is 1. The fourth-order valence-electron chi connectivity index (χ4n) is 3.75. The standard InChI is InChI=1S/C24H19N5O3S/c30-24(22-7-6-21(33-22)16-4-5-19-20(11-16)32-10-9-31-19)27-17-12-25-29(14-17)15-18-13-28-8-2-1-3-23(28)26-18/h1-8,11-14H,9-10,15H2,(H,27,30). The molecule has 5 aromatic rings. The van der Waals surface area contributed by atoms with Crippen LogP contribution in [0.2, 0.25) is 0 Å². The van der Waals surface area contributed by atoms with Crippen LogP contribution in [0.3, 0.4) is 0 Å². The van der Waals surface area contributed by atoms with Crippen molar-refractivity contribution in [2.45, 2.75) is 6.54 Å². The second kappa shape index (κ2) is 8.10. The molecule has 0 unspecified atom stereocenters. The van der Waals surface area contributed by atoms with E-state index in [1.807, 2.05) is 65.3 Å². The lowest BCUT2D eigenvalue weighted by Gasteiger charge is -2.18. The molecule has 33 heavy (non-hydrogen) atoms. The highest BCUT2D eigenvalue weighted by Crippen LogP contribution is 2.37. The minimum atomic E-state index is -0.170. The topological polar surface area (TPSA) is 82.7 Å². The number of amides is 1. The van der Waals surface area contributed by atoms with Crippen molar-refractivity contribution in [1.82, 2.24) is 19.2 Å². The molecule has 164 valence electrons. The maximum absolute atomic E-state index is 12.8. The van der Waals surface area contributed by atoms with E-state index < -0.39 is 0 Å². The fraction of sp³-hybridized carbons (Fsp3) is 0.125. The summed E-state index contributed by atoms with van der Waals surface area (Å²) in [5.41, 5.74) is 3.41. The lowest BCUT2D eigenvalue weighted by molar-refractivity contribution is 0.103. The summed E-state index contributed by atoms with van der Waals surface area (Å²) in [7, 11) is 0. The molecule has 1 N–H and O–H groups in total. The smallest absolute Gasteiger partial charge is 0.265 e. The van der Waals surface area contributed by atoms with Gasteiger partial charge in [-0.3, -0.25) is 9.48 Å². The Morgan fingerprint density at radius 2 is 1.97 bits per heavy atom. The molecule has 8 nitrogen and oxygen atoms in total. The number of rotatable bonds is 5. The first-order chi connectivity index (χ1) is 16.2. The number of pyridine rings is 1. The zero-order chi connectivity index (χ0) is 22.2. The van der Waals surface area contributed by atoms with E-state index in [1.54, 1.807) is 17.1 Å². The Hall–Kier alpha value is -4.11. The van der Waals surface area contributed by atoms with Crippen LogP contribution in [0.4, 0.5) is 5.69 Å². The Morgan fingerprint density at radius 3 is 2.88 bits per heavy atom. The van der Waals surface area contributed by atoms with Crippen LogP contribution in [0.1, 0.15) is 15.4 Å². The first-order valence-corrected chi connectivity index (χ1v) is 11.3. The summed E-state index contributed by atoms with van der Waals surface area (Å²) in [5, 5.41) is 7.28. The zero-order valence-electron chi connectivity index (χ0n) is 17.5. The molecular formula is C24H19N5O3S. The molecule has 0 bridgehead atoms. The van der Waals surface area contributed by atoms with Crippen molar-refractivity contribution >= 4 is 28.6 Å². The third-order valence-corrected chi connectivity index (χ3v) is 6.42. The van der Waals surface area contributed by atoms with E-state index in [2.05, 4.69) is 15.4 Å². The summed E-state index contributed by atoms with van der Waals surface area (Å²) in [5.74, 6) is 1.31. The second-order valence-electron chi connectivity index (χ2n) is 7.60. The van der Waals surface area contributed by atoms with Gasteiger partial charge < -0.3 is 19.2 Å². The van der Waals surface area contributed by atoms with Gasteiger partial charge >= 0.3 is 0 Å². The maximum Gasteiger partial charge on any atom is 0.265 e. The number of carbonyl (C=O) groups is 1. The minimum absolute atomic E-state index is 0.170. The number of nitrogens with one attached hydrogen (secondary N) is 1. The zero-order valence-corrected chi connectivity index (χ0v) is 18.3. The highest BCUT2D eigenvalue weighted by Gasteiger charge is 2.15. The van der Waals surface area contributed by atoms with Crippen molar-refractivity contribution < 1.29 is 14.3 Å². The molecule has 9 heteroatoms. The van der Waals surface area contributed by atoms with E-state index in [4.69, 9.17) is 9.47 Å². The molecular weight excluding hydrogens is 438 g/mol. The molecule has 0 fully saturated rings. The average Bonchev–Trinajstić information content (AvgIpc) is 3.58. The van der Waals surface area contributed by atoms with Crippen molar-refractivity contribution in [3.8, 4) is 21.9 Å². The summed E-state index contributed by atoms with van der Waals surface area (Å²) in [6, 6.07) is 15.5. The largest absolute Gasteiger partial charge is 0.486 e. The molecule has 0 spiro atoms. The van der Waals surface area contributed by atoms with E-state index >= 15 is 0 Å². The molecule has 0 radical (unpaired) electrons. The lowest BCUT2D eigenvalue weighted by atomic mass is 10.1. The van der Waals surface area contributed by atoms with Gasteiger partial charge in [-0.1, -0.05) is 6.07 Å². The van der Waals surface area contributed by atoms with E-state index in [1.165, 1.54) is 11.3 Å². The summed E-state index contributed by atoms with van der Waals surface area (Å²) >= 11 is 1.43. The van der Waals surface area contributed by atoms with Crippen LogP contribution in [-0.4, -0.2) is 38.3 Å². The second-order valence-corrected chi connectivity index (χ2v) is 8.69. The number of imidazole rings is 1. The molecule has 1 aliphatic heterocycles. The number of hydrogen-bond acceptors (Lipinski definition) is 6. The van der Waals surface area contributed by atoms with Crippen molar-refractivity contribution in [1.29, 1.82) is 0 Å². The molecule has 0 atom stereocenters. The van der Waals surface area contributed by atoms with Gasteiger partial charge in [-0.15, -0.1) is 11.3 Å². The Kier molecular flexibility index (Phi) is 4.80. The molecule has 1 amide bonds. The number of fused-ring (bicyclic) bond motifs is 2. The Morgan fingerprint density at radius 1 is 1.06 bits per heavy atom. The van der Waals surface area contributed by atoms with Gasteiger partial charge in [0.25, 0.3) is 5.91 Å². The quantitative estimate of drug-likeness (QED) is 0.425. The summed E-state index contributed by atoms with van der Waals surface area (Å²) in [6.07, 6.45) is 7.38. The number of carbonyl (C=O) groups excluding carboxylic acids is 1. The number of benzene rings is 1. The molecule has 1 aromatic carbocycles. The van der Waals surface area contributed by atoms with Crippen LogP contribution >= 0.6 is 11.3 Å². The molecule has 6 rings (SSSR count). The molecule has 4 aromatic heterocycles. The first kappa shape index (κ1) is 19.6. The van der Waals surface area contributed by atoms with Gasteiger partial charge in [0, 0.05) is 23.5 Å². The van der Waals surface area contributed by atoms with Gasteiger partial charge in [0.15, 0.2) is 11.5 Å². The normalized spacial score (nSPS) is 12.7. The van der Waals surface area contributed by atoms with Crippen molar-refractivity contribution in [3.63, 3.8) is 0 Å². The van der Waals surface area contributed by atoms with Gasteiger partial charge in [0.2, 0.25) is 0 Å². The number of aromatic nitrogens is 4. The van der Waals surface area contributed by atoms with Crippen LogP contribution in [-0.2, 0) is 6.54 Å². The number of anilines is 1. The Balaban J connectivity index is 1.14. The lowest BCUT2D eigenvalue weighted by Crippen LogP contribution is -2.15. The molecule has 1 aliphatic rings. The minimum Gasteiger partial charge on any atom is -0.486 e. The Labute approximate surface area is 193 Å². The van der Waals surface area contributed by atoms with E-state index in [-0.39, 0.29) is 5.91 Å². The summed E-state index contributed by atoms with van der Waals surface area (Å²) in [4.78, 5) is 19.0. The highest BCUT2D eigenvalue weighted by molar-refractivity contribution is 7.17.